The number of aromatic nitrogens is 6. The Morgan fingerprint density at radius 3 is 2.81 bits per heavy atom. The van der Waals surface area contributed by atoms with Crippen molar-refractivity contribution in [3.8, 4) is 11.5 Å². The van der Waals surface area contributed by atoms with Gasteiger partial charge in [0.05, 0.1) is 0 Å². The third kappa shape index (κ3) is 2.14. The van der Waals surface area contributed by atoms with Gasteiger partial charge in [-0.05, 0) is 27.3 Å². The second-order valence-electron chi connectivity index (χ2n) is 4.54. The van der Waals surface area contributed by atoms with E-state index >= 15 is 0 Å². The van der Waals surface area contributed by atoms with E-state index in [2.05, 4.69) is 37.9 Å². The molecule has 7 nitrogen and oxygen atoms in total. The fourth-order valence-electron chi connectivity index (χ4n) is 2.23. The summed E-state index contributed by atoms with van der Waals surface area (Å²) >= 11 is 0. The van der Waals surface area contributed by atoms with Gasteiger partial charge >= 0.3 is 0 Å². The summed E-state index contributed by atoms with van der Waals surface area (Å²) in [7, 11) is 0. The number of rotatable bonds is 3. The van der Waals surface area contributed by atoms with Crippen molar-refractivity contribution < 1.29 is 4.42 Å². The van der Waals surface area contributed by atoms with Crippen LogP contribution in [0.5, 0.6) is 0 Å². The molecule has 2 heterocycles. The number of benzene rings is 2. The third-order valence-electron chi connectivity index (χ3n) is 3.18. The number of hydrogen-bond donors (Lipinski definition) is 0. The van der Waals surface area contributed by atoms with Crippen molar-refractivity contribution in [3.63, 3.8) is 0 Å². The number of tetrazole rings is 1. The van der Waals surface area contributed by atoms with Gasteiger partial charge in [-0.15, -0.1) is 15.3 Å². The van der Waals surface area contributed by atoms with Gasteiger partial charge in [-0.25, -0.2) is 4.68 Å². The van der Waals surface area contributed by atoms with Gasteiger partial charge in [-0.2, -0.15) is 0 Å². The monoisotopic (exact) mass is 278 g/mol. The molecule has 4 rings (SSSR count). The van der Waals surface area contributed by atoms with Gasteiger partial charge in [0.1, 0.15) is 12.9 Å². The first-order chi connectivity index (χ1) is 10.4. The zero-order valence-corrected chi connectivity index (χ0v) is 10.9. The van der Waals surface area contributed by atoms with Crippen molar-refractivity contribution in [2.24, 2.45) is 0 Å². The second kappa shape index (κ2) is 4.78. The number of fused-ring (bicyclic) bond motifs is 1. The fraction of sp³-hybridized carbons (Fsp3) is 0.0714. The summed E-state index contributed by atoms with van der Waals surface area (Å²) in [5.74, 6) is 0.958. The average Bonchev–Trinajstić information content (AvgIpc) is 3.19. The molecule has 7 heteroatoms. The van der Waals surface area contributed by atoms with Gasteiger partial charge in [0.15, 0.2) is 0 Å². The van der Waals surface area contributed by atoms with Crippen molar-refractivity contribution in [1.82, 2.24) is 30.4 Å². The summed E-state index contributed by atoms with van der Waals surface area (Å²) in [6, 6.07) is 14.1. The van der Waals surface area contributed by atoms with E-state index in [1.54, 1.807) is 0 Å². The summed E-state index contributed by atoms with van der Waals surface area (Å²) in [4.78, 5) is 0. The molecule has 0 saturated carbocycles. The Balaban J connectivity index is 1.74. The van der Waals surface area contributed by atoms with E-state index in [1.807, 2.05) is 30.3 Å². The molecule has 0 fully saturated rings. The molecule has 0 amide bonds. The Bertz CT molecular complexity index is 878. The molecule has 0 aliphatic heterocycles. The van der Waals surface area contributed by atoms with Gasteiger partial charge in [0, 0.05) is 5.56 Å². The summed E-state index contributed by atoms with van der Waals surface area (Å²) < 4.78 is 7.24. The fourth-order valence-corrected chi connectivity index (χ4v) is 2.23. The van der Waals surface area contributed by atoms with Crippen molar-refractivity contribution in [2.75, 3.05) is 0 Å². The Kier molecular flexibility index (Phi) is 2.67. The summed E-state index contributed by atoms with van der Waals surface area (Å²) in [6.45, 7) is 0.352. The molecule has 0 aliphatic carbocycles. The van der Waals surface area contributed by atoms with Crippen LogP contribution in [-0.4, -0.2) is 30.4 Å². The highest BCUT2D eigenvalue weighted by Crippen LogP contribution is 2.27. The van der Waals surface area contributed by atoms with Gasteiger partial charge < -0.3 is 4.42 Å². The zero-order chi connectivity index (χ0) is 14.1. The quantitative estimate of drug-likeness (QED) is 0.569. The highest BCUT2D eigenvalue weighted by atomic mass is 16.4. The van der Waals surface area contributed by atoms with Crippen LogP contribution in [0.2, 0.25) is 0 Å². The lowest BCUT2D eigenvalue weighted by Crippen LogP contribution is -2.00. The van der Waals surface area contributed by atoms with E-state index < -0.39 is 0 Å². The normalized spacial score (nSPS) is 11.0. The minimum absolute atomic E-state index is 0.352. The Morgan fingerprint density at radius 2 is 1.90 bits per heavy atom. The van der Waals surface area contributed by atoms with Gasteiger partial charge in [0.2, 0.25) is 11.8 Å². The summed E-state index contributed by atoms with van der Waals surface area (Å²) in [6.07, 6.45) is 1.50. The molecule has 2 aromatic heterocycles. The molecule has 0 atom stereocenters. The second-order valence-corrected chi connectivity index (χ2v) is 4.54. The van der Waals surface area contributed by atoms with Crippen LogP contribution in [-0.2, 0) is 6.54 Å². The van der Waals surface area contributed by atoms with Crippen LogP contribution in [0.15, 0.2) is 53.2 Å². The first kappa shape index (κ1) is 11.7. The summed E-state index contributed by atoms with van der Waals surface area (Å²) in [5.41, 5.74) is 0.920. The van der Waals surface area contributed by atoms with Gasteiger partial charge in [0.25, 0.3) is 0 Å². The predicted octanol–water partition coefficient (Wildman–Crippen LogP) is 1.92. The van der Waals surface area contributed by atoms with Crippen molar-refractivity contribution in [3.05, 3.63) is 54.7 Å². The lowest BCUT2D eigenvalue weighted by molar-refractivity contribution is 0.469. The molecular weight excluding hydrogens is 268 g/mol. The Morgan fingerprint density at radius 1 is 1.00 bits per heavy atom. The number of nitrogens with zero attached hydrogens (tertiary/aromatic N) is 6. The third-order valence-corrected chi connectivity index (χ3v) is 3.18. The Hall–Kier alpha value is -3.09. The molecule has 0 aliphatic rings. The maximum absolute atomic E-state index is 5.71. The molecule has 102 valence electrons. The minimum Gasteiger partial charge on any atom is -0.419 e. The molecule has 0 saturated heterocycles. The van der Waals surface area contributed by atoms with Crippen molar-refractivity contribution in [1.29, 1.82) is 0 Å². The molecule has 0 radical (unpaired) electrons. The molecule has 0 spiro atoms. The van der Waals surface area contributed by atoms with Crippen LogP contribution in [0, 0.1) is 0 Å². The van der Waals surface area contributed by atoms with E-state index in [0.29, 0.717) is 18.3 Å². The van der Waals surface area contributed by atoms with E-state index in [4.69, 9.17) is 4.42 Å². The highest BCUT2D eigenvalue weighted by molar-refractivity contribution is 5.94. The van der Waals surface area contributed by atoms with E-state index in [0.717, 1.165) is 16.3 Å². The van der Waals surface area contributed by atoms with Gasteiger partial charge in [-0.1, -0.05) is 36.4 Å². The van der Waals surface area contributed by atoms with Crippen LogP contribution in [0.4, 0.5) is 0 Å². The predicted molar refractivity (Wildman–Crippen MR) is 74.2 cm³/mol. The van der Waals surface area contributed by atoms with Crippen LogP contribution in [0.25, 0.3) is 22.2 Å². The average molecular weight is 278 g/mol. The van der Waals surface area contributed by atoms with Crippen molar-refractivity contribution >= 4 is 10.8 Å². The first-order valence-corrected chi connectivity index (χ1v) is 6.41. The van der Waals surface area contributed by atoms with Crippen LogP contribution in [0.3, 0.4) is 0 Å². The van der Waals surface area contributed by atoms with E-state index in [-0.39, 0.29) is 0 Å². The summed E-state index contributed by atoms with van der Waals surface area (Å²) in [5, 5.41) is 21.3. The minimum atomic E-state index is 0.352. The molecule has 21 heavy (non-hydrogen) atoms. The van der Waals surface area contributed by atoms with Crippen LogP contribution < -0.4 is 0 Å². The maximum atomic E-state index is 5.71. The molecule has 4 aromatic rings. The first-order valence-electron chi connectivity index (χ1n) is 6.41. The number of hydrogen-bond acceptors (Lipinski definition) is 6. The van der Waals surface area contributed by atoms with E-state index in [1.165, 1.54) is 11.0 Å². The SMILES string of the molecule is c1ccc2c(-c3nnc(Cn4cnnn4)o3)cccc2c1. The topological polar surface area (TPSA) is 82.5 Å². The van der Waals surface area contributed by atoms with Crippen LogP contribution >= 0.6 is 0 Å². The van der Waals surface area contributed by atoms with Crippen LogP contribution in [0.1, 0.15) is 5.89 Å². The lowest BCUT2D eigenvalue weighted by Gasteiger charge is -2.01. The highest BCUT2D eigenvalue weighted by Gasteiger charge is 2.12. The smallest absolute Gasteiger partial charge is 0.248 e. The molecule has 0 N–H and O–H groups in total. The largest absolute Gasteiger partial charge is 0.419 e. The zero-order valence-electron chi connectivity index (χ0n) is 10.9. The van der Waals surface area contributed by atoms with E-state index in [9.17, 15) is 0 Å². The maximum Gasteiger partial charge on any atom is 0.248 e. The Labute approximate surface area is 119 Å². The molecular formula is C14H10N6O. The lowest BCUT2D eigenvalue weighted by atomic mass is 10.0. The van der Waals surface area contributed by atoms with Gasteiger partial charge in [-0.3, -0.25) is 0 Å². The molecule has 0 bridgehead atoms. The standard InChI is InChI=1S/C14H10N6O/c1-2-6-11-10(4-1)5-3-7-12(11)14-17-16-13(21-14)8-20-9-15-18-19-20/h1-7,9H,8H2. The molecule has 0 unspecified atom stereocenters. The molecule has 2 aromatic carbocycles. The van der Waals surface area contributed by atoms with Crippen molar-refractivity contribution in [2.45, 2.75) is 6.54 Å².